The lowest BCUT2D eigenvalue weighted by atomic mass is 10.1. The molecule has 0 spiro atoms. The first-order valence-electron chi connectivity index (χ1n) is 6.78. The Kier molecular flexibility index (Phi) is 5.51. The van der Waals surface area contributed by atoms with Gasteiger partial charge in [-0.1, -0.05) is 0 Å². The number of nitrogens with one attached hydrogen (secondary N) is 1. The predicted molar refractivity (Wildman–Crippen MR) is 85.0 cm³/mol. The van der Waals surface area contributed by atoms with Crippen LogP contribution in [0.5, 0.6) is 0 Å². The van der Waals surface area contributed by atoms with Gasteiger partial charge in [0.05, 0.1) is 18.4 Å². The number of hydrogen-bond donors (Lipinski definition) is 1. The molecule has 0 aliphatic heterocycles. The van der Waals surface area contributed by atoms with Crippen molar-refractivity contribution in [2.24, 2.45) is 0 Å². The van der Waals surface area contributed by atoms with Gasteiger partial charge in [0.1, 0.15) is 5.00 Å². The number of anilines is 1. The Hall–Kier alpha value is -0.790. The van der Waals surface area contributed by atoms with Crippen molar-refractivity contribution in [3.63, 3.8) is 0 Å². The van der Waals surface area contributed by atoms with Crippen LogP contribution in [0.4, 0.5) is 5.00 Å². The molecular weight excluding hydrogens is 334 g/mol. The summed E-state index contributed by atoms with van der Waals surface area (Å²) in [5.74, 6) is -0.0353. The van der Waals surface area contributed by atoms with E-state index in [9.17, 15) is 13.2 Å². The molecule has 0 bridgehead atoms. The maximum absolute atomic E-state index is 12.1. The minimum Gasteiger partial charge on any atom is -0.465 e. The highest BCUT2D eigenvalue weighted by atomic mass is 35.5. The molecule has 0 atom stereocenters. The number of alkyl halides is 1. The van der Waals surface area contributed by atoms with Crippen LogP contribution in [0.1, 0.15) is 40.1 Å². The fourth-order valence-electron chi connectivity index (χ4n) is 2.37. The molecule has 21 heavy (non-hydrogen) atoms. The highest BCUT2D eigenvalue weighted by Gasteiger charge is 2.28. The Bertz CT molecular complexity index is 624. The Labute approximate surface area is 133 Å². The molecule has 0 fully saturated rings. The molecule has 1 heterocycles. The second-order valence-electron chi connectivity index (χ2n) is 4.87. The van der Waals surface area contributed by atoms with Crippen molar-refractivity contribution in [2.75, 3.05) is 23.5 Å². The third-order valence-electron chi connectivity index (χ3n) is 3.36. The summed E-state index contributed by atoms with van der Waals surface area (Å²) < 4.78 is 31.5. The Balaban J connectivity index is 2.22. The van der Waals surface area contributed by atoms with E-state index in [4.69, 9.17) is 16.3 Å². The average molecular weight is 352 g/mol. The Morgan fingerprint density at radius 2 is 2.14 bits per heavy atom. The number of sulfonamides is 1. The summed E-state index contributed by atoms with van der Waals surface area (Å²) in [5.41, 5.74) is 1.32. The molecule has 1 aromatic heterocycles. The molecule has 0 aromatic carbocycles. The van der Waals surface area contributed by atoms with Gasteiger partial charge in [-0.15, -0.1) is 22.9 Å². The number of esters is 1. The molecule has 0 radical (unpaired) electrons. The summed E-state index contributed by atoms with van der Waals surface area (Å²) in [6.45, 7) is 0. The molecule has 0 saturated heterocycles. The van der Waals surface area contributed by atoms with Crippen LogP contribution >= 0.6 is 22.9 Å². The number of ether oxygens (including phenoxy) is 1. The second-order valence-corrected chi connectivity index (χ2v) is 8.20. The van der Waals surface area contributed by atoms with E-state index >= 15 is 0 Å². The van der Waals surface area contributed by atoms with Crippen LogP contribution in [0.3, 0.4) is 0 Å². The minimum atomic E-state index is -3.46. The second kappa shape index (κ2) is 6.98. The predicted octanol–water partition coefficient (Wildman–Crippen LogP) is 2.78. The standard InChI is InChI=1S/C13H18ClNO4S2/c1-19-13(16)11-9-5-4-6-10(9)20-12(11)15-21(17,18)8-3-2-7-14/h15H,2-8H2,1H3. The van der Waals surface area contributed by atoms with Gasteiger partial charge in [0.25, 0.3) is 0 Å². The number of aryl methyl sites for hydroxylation is 1. The highest BCUT2D eigenvalue weighted by molar-refractivity contribution is 7.92. The fourth-order valence-corrected chi connectivity index (χ4v) is 5.31. The topological polar surface area (TPSA) is 72.5 Å². The van der Waals surface area contributed by atoms with E-state index in [1.54, 1.807) is 0 Å². The van der Waals surface area contributed by atoms with E-state index in [1.165, 1.54) is 18.4 Å². The lowest BCUT2D eigenvalue weighted by molar-refractivity contribution is 0.0601. The molecule has 0 saturated carbocycles. The Morgan fingerprint density at radius 1 is 1.38 bits per heavy atom. The zero-order chi connectivity index (χ0) is 15.5. The van der Waals surface area contributed by atoms with Gasteiger partial charge in [-0.25, -0.2) is 13.2 Å². The number of methoxy groups -OCH3 is 1. The van der Waals surface area contributed by atoms with Gasteiger partial charge in [0.2, 0.25) is 10.0 Å². The maximum Gasteiger partial charge on any atom is 0.341 e. The van der Waals surface area contributed by atoms with E-state index in [-0.39, 0.29) is 5.75 Å². The highest BCUT2D eigenvalue weighted by Crippen LogP contribution is 2.39. The van der Waals surface area contributed by atoms with Crippen LogP contribution < -0.4 is 4.72 Å². The number of carbonyl (C=O) groups is 1. The lowest BCUT2D eigenvalue weighted by Gasteiger charge is -2.08. The molecule has 2 rings (SSSR count). The third kappa shape index (κ3) is 3.90. The van der Waals surface area contributed by atoms with Crippen LogP contribution in [-0.4, -0.2) is 33.1 Å². The van der Waals surface area contributed by atoms with Crippen molar-refractivity contribution >= 4 is 43.9 Å². The van der Waals surface area contributed by atoms with Crippen molar-refractivity contribution in [1.82, 2.24) is 0 Å². The van der Waals surface area contributed by atoms with Crippen LogP contribution in [0, 0.1) is 0 Å². The smallest absolute Gasteiger partial charge is 0.341 e. The van der Waals surface area contributed by atoms with Crippen LogP contribution in [0.2, 0.25) is 0 Å². The molecule has 8 heteroatoms. The van der Waals surface area contributed by atoms with Gasteiger partial charge >= 0.3 is 5.97 Å². The monoisotopic (exact) mass is 351 g/mol. The van der Waals surface area contributed by atoms with Gasteiger partial charge in [-0.05, 0) is 37.7 Å². The normalized spacial score (nSPS) is 14.0. The molecular formula is C13H18ClNO4S2. The molecule has 1 aromatic rings. The largest absolute Gasteiger partial charge is 0.465 e. The van der Waals surface area contributed by atoms with Crippen LogP contribution in [-0.2, 0) is 27.6 Å². The SMILES string of the molecule is COC(=O)c1c(NS(=O)(=O)CCCCCl)sc2c1CCC2. The van der Waals surface area contributed by atoms with E-state index in [1.807, 2.05) is 0 Å². The molecule has 5 nitrogen and oxygen atoms in total. The number of fused-ring (bicyclic) bond motifs is 1. The van der Waals surface area contributed by atoms with Crippen molar-refractivity contribution < 1.29 is 17.9 Å². The molecule has 0 amide bonds. The third-order valence-corrected chi connectivity index (χ3v) is 6.30. The van der Waals surface area contributed by atoms with Crippen molar-refractivity contribution in [3.8, 4) is 0 Å². The number of carbonyl (C=O) groups excluding carboxylic acids is 1. The molecule has 1 N–H and O–H groups in total. The first-order chi connectivity index (χ1) is 9.98. The summed E-state index contributed by atoms with van der Waals surface area (Å²) in [6.07, 6.45) is 3.82. The minimum absolute atomic E-state index is 0.00288. The zero-order valence-electron chi connectivity index (χ0n) is 11.8. The van der Waals surface area contributed by atoms with Gasteiger partial charge in [-0.2, -0.15) is 0 Å². The molecule has 0 unspecified atom stereocenters. The summed E-state index contributed by atoms with van der Waals surface area (Å²) in [5, 5.41) is 0.387. The number of thiophene rings is 1. The maximum atomic E-state index is 12.1. The van der Waals surface area contributed by atoms with E-state index in [0.29, 0.717) is 29.3 Å². The van der Waals surface area contributed by atoms with Crippen molar-refractivity contribution in [1.29, 1.82) is 0 Å². The zero-order valence-corrected chi connectivity index (χ0v) is 14.2. The van der Waals surface area contributed by atoms with Gasteiger partial charge < -0.3 is 4.74 Å². The summed E-state index contributed by atoms with van der Waals surface area (Å²) in [6, 6.07) is 0. The van der Waals surface area contributed by atoms with E-state index in [0.717, 1.165) is 29.7 Å². The van der Waals surface area contributed by atoms with Gasteiger partial charge in [-0.3, -0.25) is 4.72 Å². The van der Waals surface area contributed by atoms with Crippen LogP contribution in [0.25, 0.3) is 0 Å². The van der Waals surface area contributed by atoms with E-state index < -0.39 is 16.0 Å². The Morgan fingerprint density at radius 3 is 2.81 bits per heavy atom. The quantitative estimate of drug-likeness (QED) is 0.465. The lowest BCUT2D eigenvalue weighted by Crippen LogP contribution is -2.18. The molecule has 1 aliphatic rings. The first kappa shape index (κ1) is 16.6. The summed E-state index contributed by atoms with van der Waals surface area (Å²) in [7, 11) is -2.16. The number of hydrogen-bond acceptors (Lipinski definition) is 5. The van der Waals surface area contributed by atoms with Crippen LogP contribution in [0.15, 0.2) is 0 Å². The summed E-state index contributed by atoms with van der Waals surface area (Å²) in [4.78, 5) is 13.0. The van der Waals surface area contributed by atoms with E-state index in [2.05, 4.69) is 4.72 Å². The number of unbranched alkanes of at least 4 members (excludes halogenated alkanes) is 1. The summed E-state index contributed by atoms with van der Waals surface area (Å²) >= 11 is 6.89. The molecule has 118 valence electrons. The van der Waals surface area contributed by atoms with Crippen molar-refractivity contribution in [2.45, 2.75) is 32.1 Å². The molecule has 1 aliphatic carbocycles. The fraction of sp³-hybridized carbons (Fsp3) is 0.615. The number of rotatable bonds is 7. The number of halogens is 1. The van der Waals surface area contributed by atoms with Gasteiger partial charge in [0.15, 0.2) is 0 Å². The average Bonchev–Trinajstić information content (AvgIpc) is 2.97. The first-order valence-corrected chi connectivity index (χ1v) is 9.78. The van der Waals surface area contributed by atoms with Gasteiger partial charge in [0, 0.05) is 10.8 Å². The van der Waals surface area contributed by atoms with Crippen molar-refractivity contribution in [3.05, 3.63) is 16.0 Å².